The maximum absolute atomic E-state index is 13.7. The number of rotatable bonds is 6. The van der Waals surface area contributed by atoms with E-state index in [9.17, 15) is 18.4 Å². The summed E-state index contributed by atoms with van der Waals surface area (Å²) in [4.78, 5) is 29.5. The van der Waals surface area contributed by atoms with Crippen LogP contribution in [0, 0.1) is 23.0 Å². The van der Waals surface area contributed by atoms with Gasteiger partial charge in [0.2, 0.25) is 5.91 Å². The number of amides is 2. The third kappa shape index (κ3) is 5.36. The Morgan fingerprint density at radius 2 is 1.83 bits per heavy atom. The first kappa shape index (κ1) is 25.6. The third-order valence-corrected chi connectivity index (χ3v) is 6.57. The SMILES string of the molecule is CC(C)(C)C(N)C(=O)N1CC=C2C1C(COc1ccc(F)c(F)c1)CN2C(=O)OCc1ccccc1. The number of carbonyl (C=O) groups excluding carboxylic acids is 2. The highest BCUT2D eigenvalue weighted by atomic mass is 19.2. The molecule has 4 rings (SSSR count). The summed E-state index contributed by atoms with van der Waals surface area (Å²) in [6.45, 7) is 6.41. The molecule has 0 bridgehead atoms. The smallest absolute Gasteiger partial charge is 0.414 e. The molecular weight excluding hydrogens is 468 g/mol. The molecule has 0 saturated carbocycles. The number of benzene rings is 2. The molecule has 0 spiro atoms. The molecule has 3 atom stereocenters. The number of ether oxygens (including phenoxy) is 2. The molecule has 2 aliphatic heterocycles. The second-order valence-corrected chi connectivity index (χ2v) is 10.2. The number of carbonyl (C=O) groups is 2. The monoisotopic (exact) mass is 499 g/mol. The molecule has 2 N–H and O–H groups in total. The highest BCUT2D eigenvalue weighted by molar-refractivity contribution is 5.84. The van der Waals surface area contributed by atoms with Crippen molar-refractivity contribution >= 4 is 12.0 Å². The minimum atomic E-state index is -1.01. The van der Waals surface area contributed by atoms with E-state index in [4.69, 9.17) is 15.2 Å². The molecule has 192 valence electrons. The lowest BCUT2D eigenvalue weighted by atomic mass is 9.86. The van der Waals surface area contributed by atoms with Gasteiger partial charge in [0.25, 0.3) is 0 Å². The van der Waals surface area contributed by atoms with Crippen LogP contribution >= 0.6 is 0 Å². The van der Waals surface area contributed by atoms with Crippen LogP contribution in [0.5, 0.6) is 5.75 Å². The molecule has 0 aliphatic carbocycles. The van der Waals surface area contributed by atoms with Crippen molar-refractivity contribution in [3.63, 3.8) is 0 Å². The fourth-order valence-electron chi connectivity index (χ4n) is 4.46. The van der Waals surface area contributed by atoms with Crippen LogP contribution in [0.1, 0.15) is 26.3 Å². The molecule has 2 aliphatic rings. The van der Waals surface area contributed by atoms with Crippen molar-refractivity contribution in [3.8, 4) is 5.75 Å². The highest BCUT2D eigenvalue weighted by Gasteiger charge is 2.49. The van der Waals surface area contributed by atoms with Gasteiger partial charge in [-0.1, -0.05) is 51.1 Å². The molecule has 2 aromatic rings. The second-order valence-electron chi connectivity index (χ2n) is 10.2. The van der Waals surface area contributed by atoms with E-state index in [1.165, 1.54) is 11.0 Å². The topological polar surface area (TPSA) is 85.1 Å². The van der Waals surface area contributed by atoms with E-state index in [2.05, 4.69) is 0 Å². The van der Waals surface area contributed by atoms with Gasteiger partial charge >= 0.3 is 6.09 Å². The first-order chi connectivity index (χ1) is 17.1. The Balaban J connectivity index is 1.52. The van der Waals surface area contributed by atoms with Crippen molar-refractivity contribution < 1.29 is 27.8 Å². The summed E-state index contributed by atoms with van der Waals surface area (Å²) in [5, 5.41) is 0. The van der Waals surface area contributed by atoms with Crippen LogP contribution in [0.15, 0.2) is 60.3 Å². The lowest BCUT2D eigenvalue weighted by Gasteiger charge is -2.34. The Labute approximate surface area is 209 Å². The van der Waals surface area contributed by atoms with Crippen LogP contribution in [-0.2, 0) is 16.1 Å². The van der Waals surface area contributed by atoms with Gasteiger partial charge in [-0.2, -0.15) is 0 Å². The van der Waals surface area contributed by atoms with E-state index in [1.54, 1.807) is 4.90 Å². The van der Waals surface area contributed by atoms with E-state index >= 15 is 0 Å². The van der Waals surface area contributed by atoms with Gasteiger partial charge in [-0.05, 0) is 29.2 Å². The van der Waals surface area contributed by atoms with Crippen molar-refractivity contribution in [1.82, 2.24) is 9.80 Å². The van der Waals surface area contributed by atoms with Crippen LogP contribution in [-0.4, -0.2) is 53.6 Å². The number of hydrogen-bond acceptors (Lipinski definition) is 5. The van der Waals surface area contributed by atoms with E-state index in [0.29, 0.717) is 12.2 Å². The first-order valence-corrected chi connectivity index (χ1v) is 11.9. The van der Waals surface area contributed by atoms with Crippen LogP contribution in [0.3, 0.4) is 0 Å². The van der Waals surface area contributed by atoms with Gasteiger partial charge in [-0.15, -0.1) is 0 Å². The van der Waals surface area contributed by atoms with E-state index in [0.717, 1.165) is 17.7 Å². The molecule has 0 radical (unpaired) electrons. The third-order valence-electron chi connectivity index (χ3n) is 6.57. The van der Waals surface area contributed by atoms with Gasteiger partial charge in [0.05, 0.1) is 18.7 Å². The zero-order valence-corrected chi connectivity index (χ0v) is 20.6. The first-order valence-electron chi connectivity index (χ1n) is 11.9. The zero-order chi connectivity index (χ0) is 26.0. The molecule has 2 amide bonds. The summed E-state index contributed by atoms with van der Waals surface area (Å²) in [5.74, 6) is -2.38. The maximum atomic E-state index is 13.7. The molecule has 9 heteroatoms. The van der Waals surface area contributed by atoms with Crippen LogP contribution in [0.25, 0.3) is 0 Å². The fraction of sp³-hybridized carbons (Fsp3) is 0.407. The number of hydrogen-bond donors (Lipinski definition) is 1. The Morgan fingerprint density at radius 3 is 2.50 bits per heavy atom. The number of halogens is 2. The average molecular weight is 500 g/mol. The predicted molar refractivity (Wildman–Crippen MR) is 130 cm³/mol. The van der Waals surface area contributed by atoms with Crippen molar-refractivity contribution in [2.75, 3.05) is 19.7 Å². The molecule has 7 nitrogen and oxygen atoms in total. The zero-order valence-electron chi connectivity index (χ0n) is 20.6. The van der Waals surface area contributed by atoms with Gasteiger partial charge in [-0.3, -0.25) is 9.69 Å². The normalized spacial score (nSPS) is 20.1. The molecule has 0 aromatic heterocycles. The Kier molecular flexibility index (Phi) is 7.31. The number of likely N-dealkylation sites (tertiary alicyclic amines) is 1. The van der Waals surface area contributed by atoms with E-state index in [1.807, 2.05) is 57.2 Å². The van der Waals surface area contributed by atoms with Gasteiger partial charge < -0.3 is 20.1 Å². The van der Waals surface area contributed by atoms with Crippen LogP contribution < -0.4 is 10.5 Å². The van der Waals surface area contributed by atoms with Crippen molar-refractivity contribution in [2.45, 2.75) is 39.5 Å². The van der Waals surface area contributed by atoms with Gasteiger partial charge in [0, 0.05) is 30.8 Å². The van der Waals surface area contributed by atoms with E-state index in [-0.39, 0.29) is 37.3 Å². The molecule has 2 heterocycles. The molecule has 1 fully saturated rings. The van der Waals surface area contributed by atoms with Crippen molar-refractivity contribution in [1.29, 1.82) is 0 Å². The summed E-state index contributed by atoms with van der Waals surface area (Å²) in [6.07, 6.45) is 1.30. The molecule has 36 heavy (non-hydrogen) atoms. The van der Waals surface area contributed by atoms with Crippen LogP contribution in [0.2, 0.25) is 0 Å². The Morgan fingerprint density at radius 1 is 1.11 bits per heavy atom. The van der Waals surface area contributed by atoms with Crippen molar-refractivity contribution in [3.05, 3.63) is 77.5 Å². The largest absolute Gasteiger partial charge is 0.493 e. The van der Waals surface area contributed by atoms with Crippen LogP contribution in [0.4, 0.5) is 13.6 Å². The number of nitrogens with zero attached hydrogens (tertiary/aromatic N) is 2. The maximum Gasteiger partial charge on any atom is 0.414 e. The summed E-state index contributed by atoms with van der Waals surface area (Å²) < 4.78 is 38.3. The predicted octanol–water partition coefficient (Wildman–Crippen LogP) is 4.08. The quantitative estimate of drug-likeness (QED) is 0.648. The highest BCUT2D eigenvalue weighted by Crippen LogP contribution is 2.37. The fourth-order valence-corrected chi connectivity index (χ4v) is 4.46. The summed E-state index contributed by atoms with van der Waals surface area (Å²) in [6, 6.07) is 11.4. The average Bonchev–Trinajstić information content (AvgIpc) is 3.43. The lowest BCUT2D eigenvalue weighted by Crippen LogP contribution is -2.53. The minimum Gasteiger partial charge on any atom is -0.493 e. The van der Waals surface area contributed by atoms with Crippen molar-refractivity contribution in [2.24, 2.45) is 17.1 Å². The van der Waals surface area contributed by atoms with Gasteiger partial charge in [0.1, 0.15) is 12.4 Å². The summed E-state index contributed by atoms with van der Waals surface area (Å²) in [5.41, 5.74) is 7.33. The Bertz CT molecular complexity index is 1150. The lowest BCUT2D eigenvalue weighted by molar-refractivity contribution is -0.136. The molecular formula is C27H31F2N3O4. The summed E-state index contributed by atoms with van der Waals surface area (Å²) >= 11 is 0. The number of nitrogens with two attached hydrogens (primary N) is 1. The molecule has 2 aromatic carbocycles. The molecule has 3 unspecified atom stereocenters. The van der Waals surface area contributed by atoms with Gasteiger partial charge in [-0.25, -0.2) is 13.6 Å². The standard InChI is InChI=1S/C27H31F2N3O4/c1-27(2,3)24(30)25(33)31-12-11-22-23(31)18(16-35-19-9-10-20(28)21(29)13-19)14-32(22)26(34)36-15-17-7-5-4-6-8-17/h4-11,13,18,23-24H,12,14-16,30H2,1-3H3. The minimum absolute atomic E-state index is 0.0735. The van der Waals surface area contributed by atoms with Gasteiger partial charge in [0.15, 0.2) is 11.6 Å². The van der Waals surface area contributed by atoms with E-state index < -0.39 is 35.2 Å². The molecule has 1 saturated heterocycles. The second kappa shape index (κ2) is 10.3. The number of fused-ring (bicyclic) bond motifs is 1. The Hall–Kier alpha value is -3.46. The summed E-state index contributed by atoms with van der Waals surface area (Å²) in [7, 11) is 0.